The van der Waals surface area contributed by atoms with Gasteiger partial charge in [-0.25, -0.2) is 13.4 Å². The minimum absolute atomic E-state index is 0.0700. The molecule has 5 rings (SSSR count). The SMILES string of the molecule is O=C(NC/C=C/S(=O)(=O)c1ccccc1)c1cc2c([nH]c1=O)CCN(C(=O)c1nc(C3CC3)cs1)C2. The molecule has 1 aliphatic heterocycles. The van der Waals surface area contributed by atoms with Crippen molar-refractivity contribution >= 4 is 33.0 Å². The summed E-state index contributed by atoms with van der Waals surface area (Å²) < 4.78 is 24.6. The fraction of sp³-hybridized carbons (Fsp3) is 0.280. The van der Waals surface area contributed by atoms with E-state index in [9.17, 15) is 22.8 Å². The first kappa shape index (κ1) is 24.1. The van der Waals surface area contributed by atoms with Crippen LogP contribution >= 0.6 is 11.3 Å². The van der Waals surface area contributed by atoms with Crippen LogP contribution < -0.4 is 10.9 Å². The number of rotatable bonds is 7. The Balaban J connectivity index is 1.24. The van der Waals surface area contributed by atoms with Gasteiger partial charge in [-0.05, 0) is 36.6 Å². The van der Waals surface area contributed by atoms with E-state index < -0.39 is 21.3 Å². The summed E-state index contributed by atoms with van der Waals surface area (Å²) in [6.45, 7) is 0.643. The molecule has 2 amide bonds. The molecule has 0 saturated heterocycles. The highest BCUT2D eigenvalue weighted by molar-refractivity contribution is 7.94. The maximum atomic E-state index is 13.0. The topological polar surface area (TPSA) is 129 Å². The quantitative estimate of drug-likeness (QED) is 0.489. The first-order chi connectivity index (χ1) is 17.3. The summed E-state index contributed by atoms with van der Waals surface area (Å²) in [4.78, 5) is 47.2. The van der Waals surface area contributed by atoms with Gasteiger partial charge in [-0.1, -0.05) is 24.3 Å². The fourth-order valence-electron chi connectivity index (χ4n) is 4.05. The third-order valence-corrected chi connectivity index (χ3v) is 8.50. The van der Waals surface area contributed by atoms with Gasteiger partial charge in [-0.15, -0.1) is 11.3 Å². The standard InChI is InChI=1S/C25H24N4O5S2/c30-22(26-10-4-12-36(33,34)18-5-2-1-3-6-18)19-13-17-14-29(11-9-20(17)27-23(19)31)25(32)24-28-21(15-35-24)16-7-8-16/h1-6,12-13,15-16H,7-11,14H2,(H,26,30)(H,27,31)/b12-4+. The largest absolute Gasteiger partial charge is 0.348 e. The van der Waals surface area contributed by atoms with E-state index in [1.54, 1.807) is 23.1 Å². The molecule has 1 fully saturated rings. The molecule has 0 spiro atoms. The number of hydrogen-bond acceptors (Lipinski definition) is 7. The van der Waals surface area contributed by atoms with E-state index in [2.05, 4.69) is 15.3 Å². The van der Waals surface area contributed by atoms with Gasteiger partial charge in [0.1, 0.15) is 5.56 Å². The maximum Gasteiger partial charge on any atom is 0.283 e. The normalized spacial score (nSPS) is 15.6. The fourth-order valence-corrected chi connectivity index (χ4v) is 5.95. The van der Waals surface area contributed by atoms with Crippen LogP contribution in [0.1, 0.15) is 55.9 Å². The summed E-state index contributed by atoms with van der Waals surface area (Å²) in [6, 6.07) is 9.45. The molecule has 1 aliphatic carbocycles. The average molecular weight is 525 g/mol. The first-order valence-electron chi connectivity index (χ1n) is 11.6. The van der Waals surface area contributed by atoms with Gasteiger partial charge >= 0.3 is 0 Å². The Hall–Kier alpha value is -3.57. The van der Waals surface area contributed by atoms with Gasteiger partial charge in [-0.2, -0.15) is 0 Å². The highest BCUT2D eigenvalue weighted by Crippen LogP contribution is 2.40. The minimum atomic E-state index is -3.62. The summed E-state index contributed by atoms with van der Waals surface area (Å²) in [7, 11) is -3.62. The van der Waals surface area contributed by atoms with Crippen molar-refractivity contribution in [1.29, 1.82) is 0 Å². The van der Waals surface area contributed by atoms with Crippen LogP contribution in [0.5, 0.6) is 0 Å². The molecule has 1 aromatic carbocycles. The second kappa shape index (κ2) is 9.82. The van der Waals surface area contributed by atoms with Crippen molar-refractivity contribution in [2.24, 2.45) is 0 Å². The molecule has 3 aromatic rings. The molecule has 186 valence electrons. The lowest BCUT2D eigenvalue weighted by molar-refractivity contribution is 0.0733. The number of H-pyrrole nitrogens is 1. The summed E-state index contributed by atoms with van der Waals surface area (Å²) in [5.74, 6) is -0.304. The van der Waals surface area contributed by atoms with Crippen molar-refractivity contribution in [3.8, 4) is 0 Å². The molecule has 2 aromatic heterocycles. The molecule has 9 nitrogen and oxygen atoms in total. The monoisotopic (exact) mass is 524 g/mol. The Morgan fingerprint density at radius 3 is 2.75 bits per heavy atom. The number of pyridine rings is 1. The third-order valence-electron chi connectivity index (χ3n) is 6.17. The first-order valence-corrected chi connectivity index (χ1v) is 14.0. The van der Waals surface area contributed by atoms with Crippen molar-refractivity contribution in [3.05, 3.63) is 91.1 Å². The van der Waals surface area contributed by atoms with Crippen molar-refractivity contribution < 1.29 is 18.0 Å². The Morgan fingerprint density at radius 1 is 1.22 bits per heavy atom. The molecule has 1 saturated carbocycles. The van der Waals surface area contributed by atoms with Crippen LogP contribution in [-0.2, 0) is 22.8 Å². The third kappa shape index (κ3) is 5.17. The number of aromatic amines is 1. The van der Waals surface area contributed by atoms with Gasteiger partial charge in [0.2, 0.25) is 0 Å². The van der Waals surface area contributed by atoms with Crippen LogP contribution in [0.15, 0.2) is 63.0 Å². The van der Waals surface area contributed by atoms with Crippen LogP contribution in [0.25, 0.3) is 0 Å². The molecule has 2 N–H and O–H groups in total. The Bertz CT molecular complexity index is 1500. The van der Waals surface area contributed by atoms with Gasteiger partial charge in [0, 0.05) is 48.5 Å². The number of sulfone groups is 1. The van der Waals surface area contributed by atoms with Crippen molar-refractivity contribution in [2.75, 3.05) is 13.1 Å². The number of hydrogen-bond donors (Lipinski definition) is 2. The zero-order chi connectivity index (χ0) is 25.3. The van der Waals surface area contributed by atoms with E-state index in [1.165, 1.54) is 35.6 Å². The number of nitrogens with one attached hydrogen (secondary N) is 2. The van der Waals surface area contributed by atoms with E-state index in [1.807, 2.05) is 5.38 Å². The molecule has 0 unspecified atom stereocenters. The van der Waals surface area contributed by atoms with E-state index >= 15 is 0 Å². The molecule has 0 atom stereocenters. The van der Waals surface area contributed by atoms with Gasteiger partial charge < -0.3 is 15.2 Å². The summed E-state index contributed by atoms with van der Waals surface area (Å²) in [5.41, 5.74) is 1.76. The van der Waals surface area contributed by atoms with Gasteiger partial charge in [0.05, 0.1) is 10.6 Å². The molecule has 2 aliphatic rings. The zero-order valence-electron chi connectivity index (χ0n) is 19.3. The van der Waals surface area contributed by atoms with Crippen LogP contribution in [0, 0.1) is 0 Å². The highest BCUT2D eigenvalue weighted by Gasteiger charge is 2.30. The molecule has 0 radical (unpaired) electrons. The highest BCUT2D eigenvalue weighted by atomic mass is 32.2. The van der Waals surface area contributed by atoms with Crippen LogP contribution in [-0.4, -0.2) is 48.2 Å². The molecular formula is C25H24N4O5S2. The second-order valence-electron chi connectivity index (χ2n) is 8.78. The van der Waals surface area contributed by atoms with Crippen LogP contribution in [0.2, 0.25) is 0 Å². The second-order valence-corrected chi connectivity index (χ2v) is 11.5. The smallest absolute Gasteiger partial charge is 0.283 e. The van der Waals surface area contributed by atoms with Gasteiger partial charge in [0.25, 0.3) is 17.4 Å². The lowest BCUT2D eigenvalue weighted by atomic mass is 10.0. The maximum absolute atomic E-state index is 13.0. The molecule has 3 heterocycles. The summed E-state index contributed by atoms with van der Waals surface area (Å²) in [5, 5.41) is 5.98. The van der Waals surface area contributed by atoms with Crippen molar-refractivity contribution in [3.63, 3.8) is 0 Å². The summed E-state index contributed by atoms with van der Waals surface area (Å²) in [6.07, 6.45) is 4.02. The van der Waals surface area contributed by atoms with Gasteiger partial charge in [-0.3, -0.25) is 14.4 Å². The molecule has 0 bridgehead atoms. The van der Waals surface area contributed by atoms with Crippen molar-refractivity contribution in [1.82, 2.24) is 20.2 Å². The average Bonchev–Trinajstić information content (AvgIpc) is 3.62. The van der Waals surface area contributed by atoms with Crippen LogP contribution in [0.4, 0.5) is 0 Å². The molecular weight excluding hydrogens is 500 g/mol. The van der Waals surface area contributed by atoms with E-state index in [0.29, 0.717) is 35.1 Å². The Labute approximate surface area is 211 Å². The van der Waals surface area contributed by atoms with E-state index in [4.69, 9.17) is 0 Å². The number of aromatic nitrogens is 2. The predicted octanol–water partition coefficient (Wildman–Crippen LogP) is 2.62. The molecule has 11 heteroatoms. The van der Waals surface area contributed by atoms with Crippen molar-refractivity contribution in [2.45, 2.75) is 36.6 Å². The van der Waals surface area contributed by atoms with Gasteiger partial charge in [0.15, 0.2) is 14.8 Å². The van der Waals surface area contributed by atoms with E-state index in [0.717, 1.165) is 23.9 Å². The number of carbonyl (C=O) groups is 2. The Kier molecular flexibility index (Phi) is 6.59. The minimum Gasteiger partial charge on any atom is -0.348 e. The molecule has 36 heavy (non-hydrogen) atoms. The Morgan fingerprint density at radius 2 is 2.00 bits per heavy atom. The predicted molar refractivity (Wildman–Crippen MR) is 135 cm³/mol. The number of benzene rings is 1. The lowest BCUT2D eigenvalue weighted by Crippen LogP contribution is -2.38. The number of thiazole rings is 1. The number of nitrogens with zero attached hydrogens (tertiary/aromatic N) is 2. The number of fused-ring (bicyclic) bond motifs is 1. The van der Waals surface area contributed by atoms with Crippen LogP contribution in [0.3, 0.4) is 0 Å². The van der Waals surface area contributed by atoms with E-state index in [-0.39, 0.29) is 29.5 Å². The number of carbonyl (C=O) groups excluding carboxylic acids is 2. The summed E-state index contributed by atoms with van der Waals surface area (Å²) >= 11 is 1.35. The lowest BCUT2D eigenvalue weighted by Gasteiger charge is -2.28. The number of amides is 2. The zero-order valence-corrected chi connectivity index (χ0v) is 20.9.